The molecule has 1 aromatic carbocycles. The van der Waals surface area contributed by atoms with Crippen molar-refractivity contribution < 1.29 is 9.47 Å². The first kappa shape index (κ1) is 14.2. The van der Waals surface area contributed by atoms with Crippen LogP contribution < -0.4 is 15.2 Å². The molecule has 0 amide bonds. The fourth-order valence-electron chi connectivity index (χ4n) is 1.65. The van der Waals surface area contributed by atoms with Crippen LogP contribution in [0, 0.1) is 0 Å². The van der Waals surface area contributed by atoms with E-state index in [-0.39, 0.29) is 0 Å². The summed E-state index contributed by atoms with van der Waals surface area (Å²) in [6, 6.07) is 1.80. The van der Waals surface area contributed by atoms with Crippen molar-refractivity contribution in [3.63, 3.8) is 0 Å². The molecular weight excluding hydrogens is 284 g/mol. The maximum absolute atomic E-state index is 6.33. The average Bonchev–Trinajstić information content (AvgIpc) is 2.79. The van der Waals surface area contributed by atoms with Crippen molar-refractivity contribution in [1.29, 1.82) is 0 Å². The summed E-state index contributed by atoms with van der Waals surface area (Å²) in [6.07, 6.45) is 1.85. The highest BCUT2D eigenvalue weighted by molar-refractivity contribution is 7.22. The molecule has 0 unspecified atom stereocenters. The molecule has 104 valence electrons. The highest BCUT2D eigenvalue weighted by atomic mass is 35.5. The fourth-order valence-corrected chi connectivity index (χ4v) is 2.75. The van der Waals surface area contributed by atoms with Gasteiger partial charge < -0.3 is 15.2 Å². The molecule has 1 heterocycles. The molecule has 0 saturated heterocycles. The van der Waals surface area contributed by atoms with Gasteiger partial charge in [0.05, 0.1) is 17.9 Å². The standard InChI is InChI=1S/C13H17ClN2O2S/c1-3-5-17-8-7-9(18-6-4-2)11-12(10(8)14)19-13(15)16-11/h7H,3-6H2,1-2H3,(H2,15,16). The van der Waals surface area contributed by atoms with Gasteiger partial charge in [-0.05, 0) is 12.8 Å². The van der Waals surface area contributed by atoms with Crippen LogP contribution in [0.5, 0.6) is 11.5 Å². The van der Waals surface area contributed by atoms with E-state index in [0.717, 1.165) is 17.5 Å². The number of rotatable bonds is 6. The normalized spacial score (nSPS) is 10.9. The van der Waals surface area contributed by atoms with Gasteiger partial charge in [-0.15, -0.1) is 0 Å². The molecular formula is C13H17ClN2O2S. The van der Waals surface area contributed by atoms with E-state index in [4.69, 9.17) is 26.8 Å². The van der Waals surface area contributed by atoms with Crippen LogP contribution in [0.25, 0.3) is 10.2 Å². The minimum atomic E-state index is 0.478. The molecule has 0 radical (unpaired) electrons. The Morgan fingerprint density at radius 1 is 1.21 bits per heavy atom. The van der Waals surface area contributed by atoms with Gasteiger partial charge in [-0.2, -0.15) is 0 Å². The number of hydrogen-bond acceptors (Lipinski definition) is 5. The van der Waals surface area contributed by atoms with E-state index in [9.17, 15) is 0 Å². The van der Waals surface area contributed by atoms with Crippen LogP contribution >= 0.6 is 22.9 Å². The lowest BCUT2D eigenvalue weighted by molar-refractivity contribution is 0.304. The lowest BCUT2D eigenvalue weighted by Gasteiger charge is -2.11. The Morgan fingerprint density at radius 2 is 1.84 bits per heavy atom. The molecule has 2 N–H and O–H groups in total. The largest absolute Gasteiger partial charge is 0.492 e. The third-order valence-electron chi connectivity index (χ3n) is 2.48. The number of nitrogens with zero attached hydrogens (tertiary/aromatic N) is 1. The van der Waals surface area contributed by atoms with E-state index in [1.807, 2.05) is 6.92 Å². The van der Waals surface area contributed by atoms with E-state index < -0.39 is 0 Å². The molecule has 2 rings (SSSR count). The Morgan fingerprint density at radius 3 is 2.47 bits per heavy atom. The van der Waals surface area contributed by atoms with Crippen molar-refractivity contribution in [1.82, 2.24) is 4.98 Å². The van der Waals surface area contributed by atoms with Gasteiger partial charge in [0, 0.05) is 6.07 Å². The summed E-state index contributed by atoms with van der Waals surface area (Å²) in [5, 5.41) is 1.03. The number of anilines is 1. The topological polar surface area (TPSA) is 57.4 Å². The monoisotopic (exact) mass is 300 g/mol. The van der Waals surface area contributed by atoms with Gasteiger partial charge in [-0.1, -0.05) is 36.8 Å². The Labute approximate surface area is 121 Å². The summed E-state index contributed by atoms with van der Waals surface area (Å²) >= 11 is 7.68. The SMILES string of the molecule is CCCOc1cc(OCCC)c2nc(N)sc2c1Cl. The predicted octanol–water partition coefficient (Wildman–Crippen LogP) is 4.11. The fraction of sp³-hybridized carbons (Fsp3) is 0.462. The van der Waals surface area contributed by atoms with Crippen LogP contribution in [0.4, 0.5) is 5.13 Å². The number of nitrogen functional groups attached to an aromatic ring is 1. The number of fused-ring (bicyclic) bond motifs is 1. The second kappa shape index (κ2) is 6.30. The molecule has 4 nitrogen and oxygen atoms in total. The van der Waals surface area contributed by atoms with Crippen molar-refractivity contribution in [3.05, 3.63) is 11.1 Å². The van der Waals surface area contributed by atoms with Crippen LogP contribution in [-0.4, -0.2) is 18.2 Å². The van der Waals surface area contributed by atoms with Crippen LogP contribution in [0.1, 0.15) is 26.7 Å². The molecule has 0 atom stereocenters. The molecule has 0 aliphatic rings. The predicted molar refractivity (Wildman–Crippen MR) is 80.6 cm³/mol. The van der Waals surface area contributed by atoms with Crippen molar-refractivity contribution in [2.75, 3.05) is 18.9 Å². The van der Waals surface area contributed by atoms with Crippen molar-refractivity contribution in [2.45, 2.75) is 26.7 Å². The van der Waals surface area contributed by atoms with E-state index in [1.165, 1.54) is 11.3 Å². The highest BCUT2D eigenvalue weighted by Crippen LogP contribution is 2.42. The summed E-state index contributed by atoms with van der Waals surface area (Å²) in [5.41, 5.74) is 6.47. The molecule has 1 aromatic heterocycles. The Bertz CT molecular complexity index is 571. The molecule has 0 saturated carbocycles. The zero-order valence-electron chi connectivity index (χ0n) is 11.0. The Balaban J connectivity index is 2.48. The maximum Gasteiger partial charge on any atom is 0.181 e. The highest BCUT2D eigenvalue weighted by Gasteiger charge is 2.16. The van der Waals surface area contributed by atoms with Crippen molar-refractivity contribution in [3.8, 4) is 11.5 Å². The summed E-state index contributed by atoms with van der Waals surface area (Å²) in [6.45, 7) is 5.34. The van der Waals surface area contributed by atoms with Gasteiger partial charge in [0.25, 0.3) is 0 Å². The minimum Gasteiger partial charge on any atom is -0.492 e. The van der Waals surface area contributed by atoms with Gasteiger partial charge in [0.1, 0.15) is 22.0 Å². The average molecular weight is 301 g/mol. The van der Waals surface area contributed by atoms with E-state index >= 15 is 0 Å². The number of nitrogens with two attached hydrogens (primary N) is 1. The van der Waals surface area contributed by atoms with Gasteiger partial charge in [0.2, 0.25) is 0 Å². The number of ether oxygens (including phenoxy) is 2. The van der Waals surface area contributed by atoms with Crippen LogP contribution in [0.15, 0.2) is 6.07 Å². The summed E-state index contributed by atoms with van der Waals surface area (Å²) in [4.78, 5) is 4.28. The molecule has 0 fully saturated rings. The smallest absolute Gasteiger partial charge is 0.181 e. The summed E-state index contributed by atoms with van der Waals surface area (Å²) in [7, 11) is 0. The van der Waals surface area contributed by atoms with Crippen LogP contribution in [0.2, 0.25) is 5.02 Å². The molecule has 0 aliphatic heterocycles. The number of hydrogen-bond donors (Lipinski definition) is 1. The maximum atomic E-state index is 6.33. The zero-order valence-corrected chi connectivity index (χ0v) is 12.6. The molecule has 19 heavy (non-hydrogen) atoms. The first-order valence-corrected chi connectivity index (χ1v) is 7.50. The number of halogens is 1. The minimum absolute atomic E-state index is 0.478. The van der Waals surface area contributed by atoms with E-state index in [0.29, 0.717) is 40.4 Å². The van der Waals surface area contributed by atoms with Crippen LogP contribution in [-0.2, 0) is 0 Å². The molecule has 0 spiro atoms. The second-order valence-electron chi connectivity index (χ2n) is 4.11. The first-order chi connectivity index (χ1) is 9.17. The van der Waals surface area contributed by atoms with Gasteiger partial charge in [0.15, 0.2) is 5.13 Å². The van der Waals surface area contributed by atoms with E-state index in [1.54, 1.807) is 6.07 Å². The van der Waals surface area contributed by atoms with Crippen molar-refractivity contribution >= 4 is 38.3 Å². The van der Waals surface area contributed by atoms with Crippen LogP contribution in [0.3, 0.4) is 0 Å². The van der Waals surface area contributed by atoms with Gasteiger partial charge in [-0.25, -0.2) is 4.98 Å². The molecule has 6 heteroatoms. The molecule has 2 aromatic rings. The Hall–Kier alpha value is -1.20. The van der Waals surface area contributed by atoms with Gasteiger partial charge in [-0.3, -0.25) is 0 Å². The summed E-state index contributed by atoms with van der Waals surface area (Å²) in [5.74, 6) is 1.31. The number of aromatic nitrogens is 1. The van der Waals surface area contributed by atoms with Gasteiger partial charge >= 0.3 is 0 Å². The quantitative estimate of drug-likeness (QED) is 0.872. The van der Waals surface area contributed by atoms with Crippen molar-refractivity contribution in [2.24, 2.45) is 0 Å². The number of thiazole rings is 1. The molecule has 0 bridgehead atoms. The second-order valence-corrected chi connectivity index (χ2v) is 5.52. The van der Waals surface area contributed by atoms with E-state index in [2.05, 4.69) is 11.9 Å². The molecule has 0 aliphatic carbocycles. The first-order valence-electron chi connectivity index (χ1n) is 6.31. The third-order valence-corrected chi connectivity index (χ3v) is 3.87. The third kappa shape index (κ3) is 3.04. The lowest BCUT2D eigenvalue weighted by Crippen LogP contribution is -1.99. The summed E-state index contributed by atoms with van der Waals surface area (Å²) < 4.78 is 12.2. The Kier molecular flexibility index (Phi) is 4.71. The number of benzene rings is 1. The lowest BCUT2D eigenvalue weighted by atomic mass is 10.3. The zero-order chi connectivity index (χ0) is 13.8.